The Kier molecular flexibility index (Phi) is 6.35. The van der Waals surface area contributed by atoms with Gasteiger partial charge >= 0.3 is 0 Å². The van der Waals surface area contributed by atoms with Crippen molar-refractivity contribution in [3.63, 3.8) is 0 Å². The van der Waals surface area contributed by atoms with E-state index in [2.05, 4.69) is 20.9 Å². The summed E-state index contributed by atoms with van der Waals surface area (Å²) in [5.41, 5.74) is 1.40. The molecule has 5 heteroatoms. The number of carbonyl (C=O) groups excluding carboxylic acids is 1. The maximum Gasteiger partial charge on any atom is 0.187 e. The Morgan fingerprint density at radius 3 is 2.87 bits per heavy atom. The molecule has 0 spiro atoms. The molecule has 0 bridgehead atoms. The number of aromatic nitrogens is 1. The maximum atomic E-state index is 12.1. The highest BCUT2D eigenvalue weighted by Gasteiger charge is 2.11. The molecule has 2 rings (SSSR count). The normalized spacial score (nSPS) is 10.7. The Morgan fingerprint density at radius 2 is 2.22 bits per heavy atom. The summed E-state index contributed by atoms with van der Waals surface area (Å²) in [6.45, 7) is 2.66. The average Bonchev–Trinajstić information content (AvgIpc) is 2.59. The van der Waals surface area contributed by atoms with Gasteiger partial charge in [-0.2, -0.15) is 0 Å². The van der Waals surface area contributed by atoms with Crippen molar-refractivity contribution >= 4 is 27.8 Å². The van der Waals surface area contributed by atoms with E-state index in [0.717, 1.165) is 16.5 Å². The number of pyridine rings is 1. The van der Waals surface area contributed by atoms with Gasteiger partial charge in [0.2, 0.25) is 0 Å². The molecule has 2 aromatic rings. The van der Waals surface area contributed by atoms with Crippen LogP contribution in [0.5, 0.6) is 11.5 Å². The van der Waals surface area contributed by atoms with Crippen molar-refractivity contribution in [3.05, 3.63) is 58.3 Å². The van der Waals surface area contributed by atoms with Gasteiger partial charge in [-0.1, -0.05) is 13.0 Å². The SMILES string of the molecule is CCCOc1c(Br)cc(/C=C/C(=O)c2cccnc2)cc1OC. The van der Waals surface area contributed by atoms with Crippen LogP contribution < -0.4 is 9.47 Å². The van der Waals surface area contributed by atoms with E-state index in [1.165, 1.54) is 6.08 Å². The van der Waals surface area contributed by atoms with Crippen LogP contribution in [0.3, 0.4) is 0 Å². The first kappa shape index (κ1) is 17.2. The van der Waals surface area contributed by atoms with Crippen LogP contribution in [0.25, 0.3) is 6.08 Å². The zero-order valence-electron chi connectivity index (χ0n) is 13.1. The summed E-state index contributed by atoms with van der Waals surface area (Å²) in [7, 11) is 1.59. The molecule has 0 amide bonds. The lowest BCUT2D eigenvalue weighted by Crippen LogP contribution is -1.99. The van der Waals surface area contributed by atoms with E-state index in [9.17, 15) is 4.79 Å². The molecule has 0 saturated heterocycles. The van der Waals surface area contributed by atoms with Crippen molar-refractivity contribution in [1.29, 1.82) is 0 Å². The van der Waals surface area contributed by atoms with E-state index >= 15 is 0 Å². The van der Waals surface area contributed by atoms with Crippen LogP contribution in [-0.4, -0.2) is 24.5 Å². The standard InChI is InChI=1S/C18H18BrNO3/c1-3-9-23-18-15(19)10-13(11-17(18)22-2)6-7-16(21)14-5-4-8-20-12-14/h4-8,10-12H,3,9H2,1-2H3/b7-6+. The minimum Gasteiger partial charge on any atom is -0.493 e. The summed E-state index contributed by atoms with van der Waals surface area (Å²) < 4.78 is 11.8. The number of carbonyl (C=O) groups is 1. The number of allylic oxidation sites excluding steroid dienone is 1. The van der Waals surface area contributed by atoms with Crippen LogP contribution in [-0.2, 0) is 0 Å². The molecule has 0 aliphatic rings. The number of benzene rings is 1. The van der Waals surface area contributed by atoms with E-state index in [1.54, 1.807) is 37.7 Å². The molecule has 0 radical (unpaired) electrons. The van der Waals surface area contributed by atoms with Crippen LogP contribution in [0.1, 0.15) is 29.3 Å². The molecule has 0 fully saturated rings. The maximum absolute atomic E-state index is 12.1. The number of rotatable bonds is 7. The predicted octanol–water partition coefficient (Wildman–Crippen LogP) is 4.54. The molecule has 0 saturated carbocycles. The third-order valence-corrected chi connectivity index (χ3v) is 3.66. The molecule has 0 N–H and O–H groups in total. The molecule has 4 nitrogen and oxygen atoms in total. The Labute approximate surface area is 144 Å². The van der Waals surface area contributed by atoms with Gasteiger partial charge in [-0.15, -0.1) is 0 Å². The number of ketones is 1. The lowest BCUT2D eigenvalue weighted by Gasteiger charge is -2.12. The molecule has 1 heterocycles. The summed E-state index contributed by atoms with van der Waals surface area (Å²) in [5, 5.41) is 0. The predicted molar refractivity (Wildman–Crippen MR) is 94.1 cm³/mol. The van der Waals surface area contributed by atoms with Gasteiger partial charge in [-0.25, -0.2) is 0 Å². The number of nitrogens with zero attached hydrogens (tertiary/aromatic N) is 1. The van der Waals surface area contributed by atoms with Crippen molar-refractivity contribution in [2.75, 3.05) is 13.7 Å². The number of hydrogen-bond acceptors (Lipinski definition) is 4. The van der Waals surface area contributed by atoms with Gasteiger partial charge < -0.3 is 9.47 Å². The highest BCUT2D eigenvalue weighted by molar-refractivity contribution is 9.10. The molecule has 120 valence electrons. The first-order chi connectivity index (χ1) is 11.2. The third-order valence-electron chi connectivity index (χ3n) is 3.08. The molecular weight excluding hydrogens is 358 g/mol. The zero-order chi connectivity index (χ0) is 16.7. The summed E-state index contributed by atoms with van der Waals surface area (Å²) >= 11 is 3.49. The Balaban J connectivity index is 2.22. The van der Waals surface area contributed by atoms with Gasteiger partial charge in [0.1, 0.15) is 0 Å². The largest absolute Gasteiger partial charge is 0.493 e. The summed E-state index contributed by atoms with van der Waals surface area (Å²) in [6.07, 6.45) is 7.36. The van der Waals surface area contributed by atoms with E-state index in [4.69, 9.17) is 9.47 Å². The van der Waals surface area contributed by atoms with E-state index in [1.807, 2.05) is 19.1 Å². The first-order valence-electron chi connectivity index (χ1n) is 7.28. The number of methoxy groups -OCH3 is 1. The molecule has 0 aliphatic heterocycles. The van der Waals surface area contributed by atoms with Crippen LogP contribution in [0.2, 0.25) is 0 Å². The van der Waals surface area contributed by atoms with Gasteiger partial charge in [0.05, 0.1) is 18.2 Å². The molecule has 0 unspecified atom stereocenters. The minimum atomic E-state index is -0.0977. The highest BCUT2D eigenvalue weighted by Crippen LogP contribution is 2.37. The Morgan fingerprint density at radius 1 is 1.39 bits per heavy atom. The van der Waals surface area contributed by atoms with Crippen molar-refractivity contribution < 1.29 is 14.3 Å². The second-order valence-electron chi connectivity index (χ2n) is 4.82. The van der Waals surface area contributed by atoms with Crippen molar-refractivity contribution in [2.45, 2.75) is 13.3 Å². The Hall–Kier alpha value is -2.14. The molecule has 0 atom stereocenters. The fraction of sp³-hybridized carbons (Fsp3) is 0.222. The topological polar surface area (TPSA) is 48.4 Å². The van der Waals surface area contributed by atoms with Crippen LogP contribution in [0, 0.1) is 0 Å². The third kappa shape index (κ3) is 4.66. The lowest BCUT2D eigenvalue weighted by molar-refractivity contribution is 0.104. The molecule has 1 aromatic carbocycles. The Bertz CT molecular complexity index is 699. The smallest absolute Gasteiger partial charge is 0.187 e. The first-order valence-corrected chi connectivity index (χ1v) is 8.07. The number of ether oxygens (including phenoxy) is 2. The van der Waals surface area contributed by atoms with Gasteiger partial charge in [-0.3, -0.25) is 9.78 Å². The van der Waals surface area contributed by atoms with E-state index < -0.39 is 0 Å². The zero-order valence-corrected chi connectivity index (χ0v) is 14.7. The monoisotopic (exact) mass is 375 g/mol. The van der Waals surface area contributed by atoms with Crippen LogP contribution >= 0.6 is 15.9 Å². The minimum absolute atomic E-state index is 0.0977. The molecule has 23 heavy (non-hydrogen) atoms. The van der Waals surface area contributed by atoms with Crippen molar-refractivity contribution in [3.8, 4) is 11.5 Å². The van der Waals surface area contributed by atoms with E-state index in [0.29, 0.717) is 23.7 Å². The van der Waals surface area contributed by atoms with Crippen LogP contribution in [0.15, 0.2) is 47.2 Å². The highest BCUT2D eigenvalue weighted by atomic mass is 79.9. The van der Waals surface area contributed by atoms with Gasteiger partial charge in [0.15, 0.2) is 17.3 Å². The summed E-state index contributed by atoms with van der Waals surface area (Å²) in [5.74, 6) is 1.20. The van der Waals surface area contributed by atoms with Crippen molar-refractivity contribution in [1.82, 2.24) is 4.98 Å². The second-order valence-corrected chi connectivity index (χ2v) is 5.68. The number of halogens is 1. The van der Waals surface area contributed by atoms with Gasteiger partial charge in [0, 0.05) is 18.0 Å². The number of hydrogen-bond donors (Lipinski definition) is 0. The average molecular weight is 376 g/mol. The summed E-state index contributed by atoms with van der Waals surface area (Å²) in [4.78, 5) is 16.0. The fourth-order valence-electron chi connectivity index (χ4n) is 1.96. The molecule has 1 aromatic heterocycles. The second kappa shape index (κ2) is 8.48. The van der Waals surface area contributed by atoms with Gasteiger partial charge in [0.25, 0.3) is 0 Å². The fourth-order valence-corrected chi connectivity index (χ4v) is 2.53. The molecule has 0 aliphatic carbocycles. The van der Waals surface area contributed by atoms with Crippen LogP contribution in [0.4, 0.5) is 0 Å². The van der Waals surface area contributed by atoms with E-state index in [-0.39, 0.29) is 5.78 Å². The molecular formula is C18H18BrNO3. The lowest BCUT2D eigenvalue weighted by atomic mass is 10.1. The van der Waals surface area contributed by atoms with Crippen molar-refractivity contribution in [2.24, 2.45) is 0 Å². The van der Waals surface area contributed by atoms with Gasteiger partial charge in [-0.05, 0) is 58.3 Å². The summed E-state index contributed by atoms with van der Waals surface area (Å²) in [6, 6.07) is 7.20. The quantitative estimate of drug-likeness (QED) is 0.526.